The fourth-order valence-corrected chi connectivity index (χ4v) is 9.26. The van der Waals surface area contributed by atoms with Crippen LogP contribution in [-0.4, -0.2) is 28.0 Å². The molecule has 3 heteroatoms. The zero-order valence-corrected chi connectivity index (χ0v) is 21.2. The van der Waals surface area contributed by atoms with Gasteiger partial charge in [0.2, 0.25) is 0 Å². The molecular formula is C29H48O3. The van der Waals surface area contributed by atoms with E-state index < -0.39 is 0 Å². The molecule has 0 bridgehead atoms. The monoisotopic (exact) mass is 444 g/mol. The summed E-state index contributed by atoms with van der Waals surface area (Å²) in [6.07, 6.45) is 13.8. The average Bonchev–Trinajstić information content (AvgIpc) is 3.11. The van der Waals surface area contributed by atoms with Crippen molar-refractivity contribution in [2.45, 2.75) is 98.5 Å². The summed E-state index contributed by atoms with van der Waals surface area (Å²) in [5.41, 5.74) is 0.907. The van der Waals surface area contributed by atoms with E-state index in [1.165, 1.54) is 44.1 Å². The summed E-state index contributed by atoms with van der Waals surface area (Å²) in [7, 11) is 0. The lowest BCUT2D eigenvalue weighted by atomic mass is 9.43. The largest absolute Gasteiger partial charge is 0.508 e. The topological polar surface area (TPSA) is 60.7 Å². The van der Waals surface area contributed by atoms with Crippen LogP contribution < -0.4 is 0 Å². The number of hydrogen-bond acceptors (Lipinski definition) is 3. The molecule has 0 heterocycles. The van der Waals surface area contributed by atoms with E-state index in [2.05, 4.69) is 34.6 Å². The lowest BCUT2D eigenvalue weighted by Gasteiger charge is -2.62. The summed E-state index contributed by atoms with van der Waals surface area (Å²) in [6, 6.07) is 0. The van der Waals surface area contributed by atoms with Crippen molar-refractivity contribution in [3.05, 3.63) is 23.5 Å². The van der Waals surface area contributed by atoms with Crippen molar-refractivity contribution in [2.75, 3.05) is 6.61 Å². The van der Waals surface area contributed by atoms with E-state index in [0.29, 0.717) is 35.3 Å². The van der Waals surface area contributed by atoms with Gasteiger partial charge in [-0.05, 0) is 97.5 Å². The molecular weight excluding hydrogens is 396 g/mol. The first kappa shape index (κ1) is 24.3. The highest BCUT2D eigenvalue weighted by atomic mass is 16.3. The second-order valence-electron chi connectivity index (χ2n) is 12.5. The van der Waals surface area contributed by atoms with Crippen molar-refractivity contribution in [3.8, 4) is 0 Å². The molecule has 0 radical (unpaired) electrons. The maximum absolute atomic E-state index is 11.8. The van der Waals surface area contributed by atoms with E-state index in [1.54, 1.807) is 0 Å². The van der Waals surface area contributed by atoms with E-state index in [9.17, 15) is 15.3 Å². The van der Waals surface area contributed by atoms with E-state index >= 15 is 0 Å². The van der Waals surface area contributed by atoms with Crippen LogP contribution in [0, 0.1) is 52.3 Å². The van der Waals surface area contributed by atoms with E-state index in [1.807, 2.05) is 12.2 Å². The Hall–Kier alpha value is -0.800. The first-order valence-electron chi connectivity index (χ1n) is 13.6. The van der Waals surface area contributed by atoms with Gasteiger partial charge in [-0.15, -0.1) is 0 Å². The van der Waals surface area contributed by atoms with Gasteiger partial charge in [0.25, 0.3) is 0 Å². The van der Waals surface area contributed by atoms with Crippen LogP contribution in [0.2, 0.25) is 0 Å². The molecule has 4 rings (SSSR count). The van der Waals surface area contributed by atoms with Gasteiger partial charge in [-0.3, -0.25) is 0 Å². The molecule has 0 aromatic carbocycles. The standard InChI is InChI=1S/C29H48O3/c1-6-20-14-22(31)15-21-10-11-23-25-13-12-24(19(4)9-7-8-18(2)3)28(25,5)27(32)16-26(23)29(20,21)17-30/h14-15,18-19,21,23-27,30-32H,6-13,16-17H2,1-5H3/t19-,21+,23+,24-,25+,26+,27?,28-,29+/m1/s1. The normalized spacial score (nSPS) is 44.4. The van der Waals surface area contributed by atoms with E-state index in [-0.39, 0.29) is 29.5 Å². The Morgan fingerprint density at radius 2 is 1.81 bits per heavy atom. The maximum atomic E-state index is 11.8. The Kier molecular flexibility index (Phi) is 6.92. The fraction of sp³-hybridized carbons (Fsp3) is 0.862. The smallest absolute Gasteiger partial charge is 0.111 e. The van der Waals surface area contributed by atoms with Crippen LogP contribution in [0.15, 0.2) is 23.5 Å². The van der Waals surface area contributed by atoms with Crippen LogP contribution in [0.25, 0.3) is 0 Å². The van der Waals surface area contributed by atoms with Crippen LogP contribution in [0.4, 0.5) is 0 Å². The van der Waals surface area contributed by atoms with Gasteiger partial charge in [0.15, 0.2) is 0 Å². The highest BCUT2D eigenvalue weighted by Crippen LogP contribution is 2.68. The minimum atomic E-state index is -0.298. The van der Waals surface area contributed by atoms with Crippen LogP contribution in [-0.2, 0) is 0 Å². The molecule has 4 aliphatic carbocycles. The molecule has 0 spiro atoms. The van der Waals surface area contributed by atoms with Gasteiger partial charge in [0, 0.05) is 5.41 Å². The molecule has 0 aromatic heterocycles. The zero-order chi connectivity index (χ0) is 23.3. The van der Waals surface area contributed by atoms with Gasteiger partial charge in [0.1, 0.15) is 5.76 Å². The molecule has 32 heavy (non-hydrogen) atoms. The molecule has 0 aliphatic heterocycles. The van der Waals surface area contributed by atoms with Gasteiger partial charge in [-0.1, -0.05) is 59.5 Å². The van der Waals surface area contributed by atoms with Gasteiger partial charge in [0.05, 0.1) is 12.7 Å². The summed E-state index contributed by atoms with van der Waals surface area (Å²) in [4.78, 5) is 0. The Morgan fingerprint density at radius 1 is 1.06 bits per heavy atom. The summed E-state index contributed by atoms with van der Waals surface area (Å²) in [6.45, 7) is 11.8. The molecule has 4 aliphatic rings. The molecule has 9 atom stereocenters. The van der Waals surface area contributed by atoms with Crippen molar-refractivity contribution in [3.63, 3.8) is 0 Å². The lowest BCUT2D eigenvalue weighted by Crippen LogP contribution is -2.60. The van der Waals surface area contributed by atoms with Crippen molar-refractivity contribution in [1.29, 1.82) is 0 Å². The zero-order valence-electron chi connectivity index (χ0n) is 21.2. The number of aliphatic hydroxyl groups is 3. The minimum absolute atomic E-state index is 0.00460. The van der Waals surface area contributed by atoms with Gasteiger partial charge in [-0.2, -0.15) is 0 Å². The molecule has 0 aromatic rings. The highest BCUT2D eigenvalue weighted by Gasteiger charge is 2.64. The molecule has 3 saturated carbocycles. The number of rotatable bonds is 7. The molecule has 0 amide bonds. The first-order chi connectivity index (χ1) is 15.2. The van der Waals surface area contributed by atoms with Crippen LogP contribution in [0.1, 0.15) is 92.4 Å². The third-order valence-electron chi connectivity index (χ3n) is 10.8. The van der Waals surface area contributed by atoms with Crippen molar-refractivity contribution >= 4 is 0 Å². The molecule has 182 valence electrons. The highest BCUT2D eigenvalue weighted by molar-refractivity contribution is 5.35. The maximum Gasteiger partial charge on any atom is 0.111 e. The Labute approximate surface area is 196 Å². The van der Waals surface area contributed by atoms with Gasteiger partial charge >= 0.3 is 0 Å². The summed E-state index contributed by atoms with van der Waals surface area (Å²) in [5.74, 6) is 4.03. The summed E-state index contributed by atoms with van der Waals surface area (Å²) >= 11 is 0. The van der Waals surface area contributed by atoms with Gasteiger partial charge < -0.3 is 15.3 Å². The molecule has 0 saturated heterocycles. The number of hydrogen-bond donors (Lipinski definition) is 3. The van der Waals surface area contributed by atoms with E-state index in [0.717, 1.165) is 25.2 Å². The number of allylic oxidation sites excluding steroid dienone is 2. The SMILES string of the molecule is CCC1=CC(O)=C[C@@H]2CC[C@@H]3[C@H](CC(O)[C@]4(C)[C@@H]([C@H](C)CCCC(C)C)CC[C@@H]34)[C@@]12CO. The van der Waals surface area contributed by atoms with Crippen molar-refractivity contribution in [2.24, 2.45) is 52.3 Å². The Morgan fingerprint density at radius 3 is 2.47 bits per heavy atom. The average molecular weight is 445 g/mol. The van der Waals surface area contributed by atoms with Crippen LogP contribution in [0.3, 0.4) is 0 Å². The summed E-state index contributed by atoms with van der Waals surface area (Å²) < 4.78 is 0. The predicted molar refractivity (Wildman–Crippen MR) is 131 cm³/mol. The fourth-order valence-electron chi connectivity index (χ4n) is 9.26. The molecule has 3 nitrogen and oxygen atoms in total. The minimum Gasteiger partial charge on any atom is -0.508 e. The second-order valence-corrected chi connectivity index (χ2v) is 12.5. The second kappa shape index (κ2) is 9.10. The van der Waals surface area contributed by atoms with Crippen LogP contribution >= 0.6 is 0 Å². The van der Waals surface area contributed by atoms with Crippen LogP contribution in [0.5, 0.6) is 0 Å². The van der Waals surface area contributed by atoms with E-state index in [4.69, 9.17) is 0 Å². The van der Waals surface area contributed by atoms with Gasteiger partial charge in [-0.25, -0.2) is 0 Å². The number of fused-ring (bicyclic) bond motifs is 5. The Balaban J connectivity index is 1.61. The van der Waals surface area contributed by atoms with Crippen molar-refractivity contribution < 1.29 is 15.3 Å². The molecule has 3 N–H and O–H groups in total. The third kappa shape index (κ3) is 3.61. The van der Waals surface area contributed by atoms with Crippen molar-refractivity contribution in [1.82, 2.24) is 0 Å². The third-order valence-corrected chi connectivity index (χ3v) is 10.8. The molecule has 1 unspecified atom stereocenters. The predicted octanol–water partition coefficient (Wildman–Crippen LogP) is 6.66. The lowest BCUT2D eigenvalue weighted by molar-refractivity contribution is -0.160. The molecule has 3 fully saturated rings. The first-order valence-corrected chi connectivity index (χ1v) is 13.6. The Bertz CT molecular complexity index is 739. The number of aliphatic hydroxyl groups excluding tert-OH is 3. The quantitative estimate of drug-likeness (QED) is 0.411. The summed E-state index contributed by atoms with van der Waals surface area (Å²) in [5, 5.41) is 33.0.